The first kappa shape index (κ1) is 31.4. The first-order chi connectivity index (χ1) is 19.6. The van der Waals surface area contributed by atoms with Crippen molar-refractivity contribution < 1.29 is 18.2 Å². The van der Waals surface area contributed by atoms with Gasteiger partial charge in [-0.3, -0.25) is 0 Å². The number of hydrogen-bond donors (Lipinski definition) is 0. The summed E-state index contributed by atoms with van der Waals surface area (Å²) < 4.78 is 0. The number of halogens is 1. The molecule has 0 N–H and O–H groups in total. The van der Waals surface area contributed by atoms with Crippen molar-refractivity contribution in [1.29, 1.82) is 0 Å². The van der Waals surface area contributed by atoms with Crippen molar-refractivity contribution in [1.82, 2.24) is 4.90 Å². The Morgan fingerprint density at radius 1 is 0.675 bits per heavy atom. The zero-order valence-corrected chi connectivity index (χ0v) is 26.0. The fraction of sp³-hybridized carbons (Fsp3) is 0.111. The Labute approximate surface area is 255 Å². The molecule has 0 radical (unpaired) electrons. The van der Waals surface area contributed by atoms with E-state index in [-0.39, 0.29) is 0 Å². The Hall–Kier alpha value is -3.18. The first-order valence-corrected chi connectivity index (χ1v) is 16.1. The second-order valence-electron chi connectivity index (χ2n) is 8.99. The molecule has 0 amide bonds. The van der Waals surface area contributed by atoms with Gasteiger partial charge in [-0.25, -0.2) is 0 Å². The van der Waals surface area contributed by atoms with Gasteiger partial charge in [-0.15, -0.1) is 22.4 Å². The summed E-state index contributed by atoms with van der Waals surface area (Å²) in [6, 6.07) is 46.8. The topological polar surface area (TPSA) is 3.24 Å². The molecule has 4 heteroatoms. The molecule has 5 rings (SSSR count). The predicted octanol–water partition coefficient (Wildman–Crippen LogP) is 8.76. The minimum absolute atomic E-state index is 0.399. The van der Waals surface area contributed by atoms with E-state index in [1.165, 1.54) is 21.6 Å². The summed E-state index contributed by atoms with van der Waals surface area (Å²) in [7, 11) is 7.86. The van der Waals surface area contributed by atoms with Crippen LogP contribution in [0.4, 0.5) is 0 Å². The summed E-state index contributed by atoms with van der Waals surface area (Å²) in [4.78, 5) is 2.21. The Balaban J connectivity index is 0.000000224. The van der Waals surface area contributed by atoms with Crippen LogP contribution in [0.15, 0.2) is 127 Å². The van der Waals surface area contributed by atoms with Crippen LogP contribution in [0.25, 0.3) is 10.8 Å². The zero-order valence-electron chi connectivity index (χ0n) is 22.8. The summed E-state index contributed by atoms with van der Waals surface area (Å²) in [5.41, 5.74) is 10.1. The summed E-state index contributed by atoms with van der Waals surface area (Å²) in [5, 5.41) is 3.79. The fourth-order valence-electron chi connectivity index (χ4n) is 3.81. The summed E-state index contributed by atoms with van der Waals surface area (Å²) in [6.45, 7) is 2.21. The van der Waals surface area contributed by atoms with Gasteiger partial charge in [0, 0.05) is 22.5 Å². The van der Waals surface area contributed by atoms with Crippen LogP contribution in [0, 0.1) is 29.2 Å². The molecule has 0 saturated heterocycles. The third-order valence-electron chi connectivity index (χ3n) is 6.13. The Kier molecular flexibility index (Phi) is 13.7. The average molecular weight is 650 g/mol. The van der Waals surface area contributed by atoms with E-state index in [1.54, 1.807) is 0 Å². The number of benzene rings is 5. The summed E-state index contributed by atoms with van der Waals surface area (Å²) in [5.74, 6) is 6.51. The SMILES string of the molecule is C(#CP(C#Cc1ccccc1)c1ccccc1)c1ccccc1.C[C@@H](c1[c-]ccc2ccccc12)N(C)C.[Cl][Pd+]. The van der Waals surface area contributed by atoms with Crippen molar-refractivity contribution in [3.8, 4) is 23.2 Å². The maximum atomic E-state index is 4.49. The molecule has 1 atom stereocenters. The van der Waals surface area contributed by atoms with Gasteiger partial charge >= 0.3 is 27.7 Å². The van der Waals surface area contributed by atoms with Gasteiger partial charge in [0.25, 0.3) is 0 Å². The van der Waals surface area contributed by atoms with Crippen molar-refractivity contribution in [2.24, 2.45) is 0 Å². The molecular formula is C36H31ClNPPd. The Morgan fingerprint density at radius 2 is 1.15 bits per heavy atom. The predicted molar refractivity (Wildman–Crippen MR) is 170 cm³/mol. The Bertz CT molecular complexity index is 1500. The van der Waals surface area contributed by atoms with E-state index in [0.29, 0.717) is 6.04 Å². The second-order valence-corrected chi connectivity index (χ2v) is 10.6. The molecule has 0 spiro atoms. The van der Waals surface area contributed by atoms with Crippen LogP contribution in [-0.4, -0.2) is 19.0 Å². The van der Waals surface area contributed by atoms with Crippen LogP contribution in [-0.2, 0) is 18.2 Å². The molecule has 40 heavy (non-hydrogen) atoms. The maximum absolute atomic E-state index is 4.49. The third kappa shape index (κ3) is 9.78. The monoisotopic (exact) mass is 649 g/mol. The van der Waals surface area contributed by atoms with Crippen LogP contribution >= 0.6 is 17.5 Å². The quantitative estimate of drug-likeness (QED) is 0.0817. The number of rotatable bonds is 3. The molecule has 0 aromatic heterocycles. The van der Waals surface area contributed by atoms with Crippen LogP contribution in [0.5, 0.6) is 0 Å². The van der Waals surface area contributed by atoms with E-state index < -0.39 is 7.92 Å². The van der Waals surface area contributed by atoms with E-state index in [9.17, 15) is 0 Å². The van der Waals surface area contributed by atoms with E-state index in [0.717, 1.165) is 11.1 Å². The van der Waals surface area contributed by atoms with E-state index in [4.69, 9.17) is 0 Å². The third-order valence-corrected chi connectivity index (χ3v) is 7.62. The van der Waals surface area contributed by atoms with Gasteiger partial charge in [-0.1, -0.05) is 108 Å². The molecule has 0 aliphatic carbocycles. The molecule has 0 saturated carbocycles. The standard InChI is InChI=1S/C22H15P.C14H16N.ClH.Pd/c1-4-10-20(11-5-1)16-18-23(22-14-8-3-9-15-22)19-17-21-12-6-2-7-13-21;1-11(15(2)3)13-10-6-8-12-7-4-5-9-14(12)13;;/h1-15H;4-9,11H,1-3H3;1H;/q;-1;;+2/p-1/t;11-;;/m.0../s1. The van der Waals surface area contributed by atoms with Crippen molar-refractivity contribution in [2.75, 3.05) is 14.1 Å². The minimum atomic E-state index is -0.825. The van der Waals surface area contributed by atoms with Gasteiger partial charge < -0.3 is 4.90 Å². The first-order valence-electron chi connectivity index (χ1n) is 12.8. The molecule has 1 nitrogen and oxygen atoms in total. The molecule has 5 aromatic carbocycles. The van der Waals surface area contributed by atoms with Gasteiger partial charge in [0.15, 0.2) is 0 Å². The molecule has 0 fully saturated rings. The van der Waals surface area contributed by atoms with Crippen molar-refractivity contribution in [3.63, 3.8) is 0 Å². The second kappa shape index (κ2) is 17.5. The number of fused-ring (bicyclic) bond motifs is 1. The summed E-state index contributed by atoms with van der Waals surface area (Å²) >= 11 is 2.22. The molecule has 0 aliphatic heterocycles. The zero-order chi connectivity index (χ0) is 28.6. The molecule has 0 heterocycles. The summed E-state index contributed by atoms with van der Waals surface area (Å²) in [6.07, 6.45) is 0. The van der Waals surface area contributed by atoms with Gasteiger partial charge in [0.05, 0.1) is 7.92 Å². The van der Waals surface area contributed by atoms with Crippen LogP contribution in [0.1, 0.15) is 29.7 Å². The van der Waals surface area contributed by atoms with Crippen LogP contribution in [0.2, 0.25) is 0 Å². The van der Waals surface area contributed by atoms with E-state index in [2.05, 4.69) is 125 Å². The van der Waals surface area contributed by atoms with Gasteiger partial charge in [-0.05, 0) is 45.3 Å². The normalized spacial score (nSPS) is 10.6. The van der Waals surface area contributed by atoms with E-state index >= 15 is 0 Å². The van der Waals surface area contributed by atoms with Gasteiger partial charge in [-0.2, -0.15) is 18.2 Å². The number of hydrogen-bond acceptors (Lipinski definition) is 1. The fourth-order valence-corrected chi connectivity index (χ4v) is 5.07. The van der Waals surface area contributed by atoms with Crippen molar-refractivity contribution in [2.45, 2.75) is 13.0 Å². The number of nitrogens with zero attached hydrogens (tertiary/aromatic N) is 1. The molecular weight excluding hydrogens is 619 g/mol. The molecule has 0 unspecified atom stereocenters. The molecule has 5 aromatic rings. The van der Waals surface area contributed by atoms with Crippen molar-refractivity contribution in [3.05, 3.63) is 150 Å². The Morgan fingerprint density at radius 3 is 1.68 bits per heavy atom. The van der Waals surface area contributed by atoms with Crippen LogP contribution < -0.4 is 5.30 Å². The van der Waals surface area contributed by atoms with Crippen molar-refractivity contribution >= 4 is 33.5 Å². The van der Waals surface area contributed by atoms with E-state index in [1.807, 2.05) is 84.9 Å². The molecule has 0 aliphatic rings. The molecule has 202 valence electrons. The van der Waals surface area contributed by atoms with Gasteiger partial charge in [0.2, 0.25) is 0 Å². The average Bonchev–Trinajstić information content (AvgIpc) is 3.03. The van der Waals surface area contributed by atoms with Gasteiger partial charge in [0.1, 0.15) is 0 Å². The molecule has 0 bridgehead atoms. The van der Waals surface area contributed by atoms with Crippen LogP contribution in [0.3, 0.4) is 0 Å².